The van der Waals surface area contributed by atoms with Crippen molar-refractivity contribution in [1.29, 1.82) is 0 Å². The lowest BCUT2D eigenvalue weighted by atomic mass is 10.0. The van der Waals surface area contributed by atoms with E-state index in [0.717, 1.165) is 16.5 Å². The zero-order chi connectivity index (χ0) is 19.2. The van der Waals surface area contributed by atoms with Crippen LogP contribution in [0.4, 0.5) is 0 Å². The standard InChI is InChI=1S/C23H24BrNO2/c1-2-3-4-5-6-7-16-8-10-17(11-9-16)22-15-20(23(26)27)19-14-18(24)12-13-21(19)25-22/h8-15H,2-7H2,1H3,(H,26,27). The topological polar surface area (TPSA) is 50.2 Å². The fourth-order valence-electron chi connectivity index (χ4n) is 3.30. The fourth-order valence-corrected chi connectivity index (χ4v) is 3.66. The molecule has 0 unspecified atom stereocenters. The van der Waals surface area contributed by atoms with Crippen LogP contribution in [-0.2, 0) is 6.42 Å². The highest BCUT2D eigenvalue weighted by atomic mass is 79.9. The first kappa shape index (κ1) is 19.6. The summed E-state index contributed by atoms with van der Waals surface area (Å²) in [4.78, 5) is 16.4. The lowest BCUT2D eigenvalue weighted by Gasteiger charge is -2.09. The largest absolute Gasteiger partial charge is 0.478 e. The van der Waals surface area contributed by atoms with Crippen LogP contribution in [0.15, 0.2) is 53.0 Å². The van der Waals surface area contributed by atoms with E-state index in [1.54, 1.807) is 12.1 Å². The Morgan fingerprint density at radius 3 is 2.44 bits per heavy atom. The van der Waals surface area contributed by atoms with Crippen molar-refractivity contribution in [2.75, 3.05) is 0 Å². The summed E-state index contributed by atoms with van der Waals surface area (Å²) in [5.41, 5.74) is 3.91. The van der Waals surface area contributed by atoms with E-state index < -0.39 is 5.97 Å². The first-order valence-corrected chi connectivity index (χ1v) is 10.3. The molecule has 4 heteroatoms. The number of unbranched alkanes of at least 4 members (excludes halogenated alkanes) is 4. The molecule has 3 aromatic rings. The Labute approximate surface area is 168 Å². The first-order valence-electron chi connectivity index (χ1n) is 9.51. The van der Waals surface area contributed by atoms with Crippen molar-refractivity contribution >= 4 is 32.8 Å². The molecule has 0 aliphatic carbocycles. The molecule has 0 radical (unpaired) electrons. The molecular formula is C23H24BrNO2. The number of rotatable bonds is 8. The number of aromatic carboxylic acids is 1. The lowest BCUT2D eigenvalue weighted by molar-refractivity contribution is 0.0699. The average Bonchev–Trinajstić information content (AvgIpc) is 2.67. The van der Waals surface area contributed by atoms with Gasteiger partial charge in [-0.2, -0.15) is 0 Å². The highest BCUT2D eigenvalue weighted by Gasteiger charge is 2.13. The van der Waals surface area contributed by atoms with E-state index in [9.17, 15) is 9.90 Å². The predicted molar refractivity (Wildman–Crippen MR) is 114 cm³/mol. The number of benzene rings is 2. The highest BCUT2D eigenvalue weighted by Crippen LogP contribution is 2.27. The number of aromatic nitrogens is 1. The van der Waals surface area contributed by atoms with Crippen LogP contribution in [0.3, 0.4) is 0 Å². The summed E-state index contributed by atoms with van der Waals surface area (Å²) < 4.78 is 0.843. The van der Waals surface area contributed by atoms with Crippen molar-refractivity contribution in [3.8, 4) is 11.3 Å². The van der Waals surface area contributed by atoms with E-state index in [1.165, 1.54) is 37.7 Å². The predicted octanol–water partition coefficient (Wildman–Crippen LogP) is 6.88. The number of hydrogen-bond donors (Lipinski definition) is 1. The second-order valence-corrected chi connectivity index (χ2v) is 7.80. The van der Waals surface area contributed by atoms with Crippen molar-refractivity contribution in [3.05, 3.63) is 64.1 Å². The summed E-state index contributed by atoms with van der Waals surface area (Å²) in [5.74, 6) is -0.939. The molecule has 0 saturated carbocycles. The molecule has 140 valence electrons. The zero-order valence-corrected chi connectivity index (χ0v) is 17.1. The number of pyridine rings is 1. The number of hydrogen-bond acceptors (Lipinski definition) is 2. The van der Waals surface area contributed by atoms with Gasteiger partial charge in [0.05, 0.1) is 16.8 Å². The molecule has 27 heavy (non-hydrogen) atoms. The third-order valence-corrected chi connectivity index (χ3v) is 5.31. The number of halogens is 1. The van der Waals surface area contributed by atoms with Crippen LogP contribution >= 0.6 is 15.9 Å². The molecule has 0 atom stereocenters. The first-order chi connectivity index (χ1) is 13.1. The van der Waals surface area contributed by atoms with Gasteiger partial charge in [-0.05, 0) is 42.7 Å². The van der Waals surface area contributed by atoms with E-state index in [1.807, 2.05) is 24.3 Å². The van der Waals surface area contributed by atoms with Gasteiger partial charge in [-0.25, -0.2) is 9.78 Å². The second kappa shape index (κ2) is 9.14. The minimum Gasteiger partial charge on any atom is -0.478 e. The molecule has 0 fully saturated rings. The van der Waals surface area contributed by atoms with Crippen molar-refractivity contribution in [3.63, 3.8) is 0 Å². The van der Waals surface area contributed by atoms with E-state index in [2.05, 4.69) is 40.0 Å². The molecule has 0 aliphatic rings. The monoisotopic (exact) mass is 425 g/mol. The molecule has 0 aliphatic heterocycles. The van der Waals surface area contributed by atoms with Crippen LogP contribution in [0, 0.1) is 0 Å². The van der Waals surface area contributed by atoms with Gasteiger partial charge in [0.2, 0.25) is 0 Å². The number of fused-ring (bicyclic) bond motifs is 1. The summed E-state index contributed by atoms with van der Waals surface area (Å²) in [6.45, 7) is 2.23. The van der Waals surface area contributed by atoms with Gasteiger partial charge in [-0.1, -0.05) is 72.8 Å². The Hall–Kier alpha value is -2.20. The van der Waals surface area contributed by atoms with Gasteiger partial charge >= 0.3 is 5.97 Å². The quantitative estimate of drug-likeness (QED) is 0.400. The van der Waals surface area contributed by atoms with Crippen LogP contribution < -0.4 is 0 Å². The van der Waals surface area contributed by atoms with Gasteiger partial charge in [0, 0.05) is 15.4 Å². The van der Waals surface area contributed by atoms with Crippen LogP contribution in [0.25, 0.3) is 22.2 Å². The fraction of sp³-hybridized carbons (Fsp3) is 0.304. The molecule has 3 rings (SSSR count). The number of carboxylic acids is 1. The van der Waals surface area contributed by atoms with Crippen LogP contribution in [0.1, 0.15) is 54.9 Å². The minimum atomic E-state index is -0.939. The van der Waals surface area contributed by atoms with Gasteiger partial charge in [-0.15, -0.1) is 0 Å². The number of carboxylic acid groups (broad SMARTS) is 1. The highest BCUT2D eigenvalue weighted by molar-refractivity contribution is 9.10. The molecule has 1 heterocycles. The molecule has 1 aromatic heterocycles. The Bertz CT molecular complexity index is 935. The van der Waals surface area contributed by atoms with Crippen molar-refractivity contribution in [2.45, 2.75) is 45.4 Å². The average molecular weight is 426 g/mol. The van der Waals surface area contributed by atoms with Gasteiger partial charge in [-0.3, -0.25) is 0 Å². The number of aryl methyl sites for hydroxylation is 1. The molecule has 1 N–H and O–H groups in total. The molecule has 0 bridgehead atoms. The van der Waals surface area contributed by atoms with E-state index in [0.29, 0.717) is 16.6 Å². The minimum absolute atomic E-state index is 0.274. The molecule has 0 spiro atoms. The smallest absolute Gasteiger partial charge is 0.336 e. The molecular weight excluding hydrogens is 402 g/mol. The maximum absolute atomic E-state index is 11.7. The number of nitrogens with zero attached hydrogens (tertiary/aromatic N) is 1. The Morgan fingerprint density at radius 2 is 1.74 bits per heavy atom. The van der Waals surface area contributed by atoms with Crippen molar-refractivity contribution in [2.24, 2.45) is 0 Å². The molecule has 0 saturated heterocycles. The SMILES string of the molecule is CCCCCCCc1ccc(-c2cc(C(=O)O)c3cc(Br)ccc3n2)cc1. The van der Waals surface area contributed by atoms with Crippen molar-refractivity contribution < 1.29 is 9.90 Å². The zero-order valence-electron chi connectivity index (χ0n) is 15.5. The Balaban J connectivity index is 1.82. The van der Waals surface area contributed by atoms with E-state index in [4.69, 9.17) is 0 Å². The maximum Gasteiger partial charge on any atom is 0.336 e. The maximum atomic E-state index is 11.7. The van der Waals surface area contributed by atoms with E-state index in [-0.39, 0.29) is 5.56 Å². The molecule has 2 aromatic carbocycles. The van der Waals surface area contributed by atoms with Crippen LogP contribution in [0.5, 0.6) is 0 Å². The third kappa shape index (κ3) is 4.95. The van der Waals surface area contributed by atoms with Crippen LogP contribution in [0.2, 0.25) is 0 Å². The normalized spacial score (nSPS) is 11.0. The summed E-state index contributed by atoms with van der Waals surface area (Å²) >= 11 is 3.40. The Kier molecular flexibility index (Phi) is 6.62. The van der Waals surface area contributed by atoms with Crippen molar-refractivity contribution in [1.82, 2.24) is 4.98 Å². The van der Waals surface area contributed by atoms with Crippen LogP contribution in [-0.4, -0.2) is 16.1 Å². The summed E-state index contributed by atoms with van der Waals surface area (Å²) in [6, 6.07) is 15.5. The van der Waals surface area contributed by atoms with Gasteiger partial charge in [0.15, 0.2) is 0 Å². The summed E-state index contributed by atoms with van der Waals surface area (Å²) in [7, 11) is 0. The molecule has 0 amide bonds. The summed E-state index contributed by atoms with van der Waals surface area (Å²) in [6.07, 6.45) is 7.47. The lowest BCUT2D eigenvalue weighted by Crippen LogP contribution is -2.00. The van der Waals surface area contributed by atoms with Gasteiger partial charge in [0.25, 0.3) is 0 Å². The second-order valence-electron chi connectivity index (χ2n) is 6.88. The molecule has 3 nitrogen and oxygen atoms in total. The van der Waals surface area contributed by atoms with E-state index >= 15 is 0 Å². The van der Waals surface area contributed by atoms with Gasteiger partial charge in [0.1, 0.15) is 0 Å². The number of carbonyl (C=O) groups is 1. The third-order valence-electron chi connectivity index (χ3n) is 4.82. The van der Waals surface area contributed by atoms with Gasteiger partial charge < -0.3 is 5.11 Å². The Morgan fingerprint density at radius 1 is 1.00 bits per heavy atom. The summed E-state index contributed by atoms with van der Waals surface area (Å²) in [5, 5.41) is 10.2.